The molecule has 0 radical (unpaired) electrons. The molecule has 1 rings (SSSR count). The predicted molar refractivity (Wildman–Crippen MR) is 89.3 cm³/mol. The molecule has 0 amide bonds. The number of hydrazine groups is 1. The number of nitrogens with zero attached hydrogens (tertiary/aromatic N) is 1. The van der Waals surface area contributed by atoms with Gasteiger partial charge in [-0.05, 0) is 32.0 Å². The molecule has 120 valence electrons. The van der Waals surface area contributed by atoms with Gasteiger partial charge in [0.2, 0.25) is 0 Å². The van der Waals surface area contributed by atoms with Gasteiger partial charge in [-0.1, -0.05) is 45.9 Å². The Bertz CT molecular complexity index is 414. The summed E-state index contributed by atoms with van der Waals surface area (Å²) in [5, 5.41) is 0. The lowest BCUT2D eigenvalue weighted by atomic mass is 9.79. The summed E-state index contributed by atoms with van der Waals surface area (Å²) < 4.78 is 5.55. The van der Waals surface area contributed by atoms with E-state index >= 15 is 0 Å². The highest BCUT2D eigenvalue weighted by Crippen LogP contribution is 2.40. The summed E-state index contributed by atoms with van der Waals surface area (Å²) >= 11 is 0. The van der Waals surface area contributed by atoms with Gasteiger partial charge in [-0.2, -0.15) is 0 Å². The molecule has 0 spiro atoms. The Hall–Kier alpha value is -1.10. The molecule has 0 aromatic heterocycles. The number of nitrogens with two attached hydrogens (primary N) is 1. The summed E-state index contributed by atoms with van der Waals surface area (Å²) in [5.41, 5.74) is 4.17. The molecule has 4 nitrogen and oxygen atoms in total. The lowest BCUT2D eigenvalue weighted by molar-refractivity contribution is 0.0478. The zero-order valence-electron chi connectivity index (χ0n) is 14.1. The fourth-order valence-electron chi connectivity index (χ4n) is 3.58. The van der Waals surface area contributed by atoms with E-state index in [0.717, 1.165) is 37.2 Å². The number of benzene rings is 1. The molecule has 0 fully saturated rings. The molecule has 1 aromatic carbocycles. The van der Waals surface area contributed by atoms with Crippen LogP contribution in [-0.2, 0) is 0 Å². The topological polar surface area (TPSA) is 50.5 Å². The minimum absolute atomic E-state index is 0.0209. The molecule has 0 saturated heterocycles. The van der Waals surface area contributed by atoms with E-state index in [1.807, 2.05) is 18.2 Å². The SMILES string of the molecule is CCN(CC)C(CC)(CC)C(NN)c1ccccc1OC. The van der Waals surface area contributed by atoms with Crippen LogP contribution in [-0.4, -0.2) is 30.6 Å². The number of hydrogen-bond donors (Lipinski definition) is 2. The molecule has 0 heterocycles. The molecule has 0 aliphatic rings. The molecular weight excluding hydrogens is 262 g/mol. The number of methoxy groups -OCH3 is 1. The second kappa shape index (κ2) is 8.37. The van der Waals surface area contributed by atoms with Crippen molar-refractivity contribution in [3.63, 3.8) is 0 Å². The monoisotopic (exact) mass is 293 g/mol. The highest BCUT2D eigenvalue weighted by Gasteiger charge is 2.41. The third-order valence-corrected chi connectivity index (χ3v) is 4.77. The molecule has 1 atom stereocenters. The second-order valence-electron chi connectivity index (χ2n) is 5.32. The van der Waals surface area contributed by atoms with Crippen molar-refractivity contribution >= 4 is 0 Å². The van der Waals surface area contributed by atoms with Crippen molar-refractivity contribution in [1.29, 1.82) is 0 Å². The van der Waals surface area contributed by atoms with Crippen molar-refractivity contribution in [2.45, 2.75) is 52.1 Å². The van der Waals surface area contributed by atoms with Crippen LogP contribution < -0.4 is 16.0 Å². The van der Waals surface area contributed by atoms with Gasteiger partial charge in [0.25, 0.3) is 0 Å². The largest absolute Gasteiger partial charge is 0.496 e. The van der Waals surface area contributed by atoms with Gasteiger partial charge in [0.1, 0.15) is 5.75 Å². The van der Waals surface area contributed by atoms with E-state index in [1.165, 1.54) is 0 Å². The number of rotatable bonds is 9. The van der Waals surface area contributed by atoms with Crippen molar-refractivity contribution in [3.05, 3.63) is 29.8 Å². The summed E-state index contributed by atoms with van der Waals surface area (Å²) in [6, 6.07) is 8.17. The number of likely N-dealkylation sites (N-methyl/N-ethyl adjacent to an activating group) is 1. The normalized spacial score (nSPS) is 13.5. The minimum Gasteiger partial charge on any atom is -0.496 e. The van der Waals surface area contributed by atoms with Crippen LogP contribution in [0.1, 0.15) is 52.1 Å². The molecule has 1 unspecified atom stereocenters. The predicted octanol–water partition coefficient (Wildman–Crippen LogP) is 3.10. The number of ether oxygens (including phenoxy) is 1. The maximum Gasteiger partial charge on any atom is 0.123 e. The smallest absolute Gasteiger partial charge is 0.123 e. The standard InChI is InChI=1S/C17H31N3O/c1-6-17(7-2,20(8-3)9-4)16(19-18)14-12-10-11-13-15(14)21-5/h10-13,16,19H,6-9,18H2,1-5H3. The van der Waals surface area contributed by atoms with Gasteiger partial charge in [0.15, 0.2) is 0 Å². The van der Waals surface area contributed by atoms with Gasteiger partial charge >= 0.3 is 0 Å². The minimum atomic E-state index is -0.0209. The third kappa shape index (κ3) is 3.39. The van der Waals surface area contributed by atoms with Crippen LogP contribution in [0.5, 0.6) is 5.75 Å². The first-order valence-corrected chi connectivity index (χ1v) is 7.99. The second-order valence-corrected chi connectivity index (χ2v) is 5.32. The number of nitrogens with one attached hydrogen (secondary N) is 1. The van der Waals surface area contributed by atoms with Gasteiger partial charge in [-0.15, -0.1) is 0 Å². The van der Waals surface area contributed by atoms with E-state index in [1.54, 1.807) is 7.11 Å². The molecular formula is C17H31N3O. The first-order chi connectivity index (χ1) is 10.1. The van der Waals surface area contributed by atoms with Crippen LogP contribution in [0.4, 0.5) is 0 Å². The lowest BCUT2D eigenvalue weighted by Gasteiger charge is -2.48. The quantitative estimate of drug-likeness (QED) is 0.542. The van der Waals surface area contributed by atoms with Gasteiger partial charge in [0, 0.05) is 11.1 Å². The molecule has 3 N–H and O–H groups in total. The molecule has 0 bridgehead atoms. The van der Waals surface area contributed by atoms with E-state index in [4.69, 9.17) is 10.6 Å². The van der Waals surface area contributed by atoms with Crippen LogP contribution in [0.25, 0.3) is 0 Å². The van der Waals surface area contributed by atoms with Crippen LogP contribution in [0.3, 0.4) is 0 Å². The number of hydrogen-bond acceptors (Lipinski definition) is 4. The fraction of sp³-hybridized carbons (Fsp3) is 0.647. The van der Waals surface area contributed by atoms with E-state index in [-0.39, 0.29) is 11.6 Å². The van der Waals surface area contributed by atoms with Crippen molar-refractivity contribution in [2.75, 3.05) is 20.2 Å². The Balaban J connectivity index is 3.37. The van der Waals surface area contributed by atoms with E-state index in [2.05, 4.69) is 44.1 Å². The van der Waals surface area contributed by atoms with E-state index < -0.39 is 0 Å². The summed E-state index contributed by atoms with van der Waals surface area (Å²) in [4.78, 5) is 2.50. The lowest BCUT2D eigenvalue weighted by Crippen LogP contribution is -2.57. The maximum atomic E-state index is 5.98. The van der Waals surface area contributed by atoms with Crippen LogP contribution in [0.15, 0.2) is 24.3 Å². The van der Waals surface area contributed by atoms with Gasteiger partial charge < -0.3 is 4.74 Å². The zero-order valence-corrected chi connectivity index (χ0v) is 14.1. The highest BCUT2D eigenvalue weighted by molar-refractivity contribution is 5.38. The summed E-state index contributed by atoms with van der Waals surface area (Å²) in [5.74, 6) is 6.87. The summed E-state index contributed by atoms with van der Waals surface area (Å²) in [7, 11) is 1.71. The van der Waals surface area contributed by atoms with Crippen LogP contribution in [0.2, 0.25) is 0 Å². The van der Waals surface area contributed by atoms with Gasteiger partial charge in [-0.25, -0.2) is 0 Å². The Morgan fingerprint density at radius 3 is 2.14 bits per heavy atom. The Morgan fingerprint density at radius 2 is 1.71 bits per heavy atom. The zero-order chi connectivity index (χ0) is 15.9. The first kappa shape index (κ1) is 18.0. The average molecular weight is 293 g/mol. The Labute approximate surface area is 129 Å². The molecule has 21 heavy (non-hydrogen) atoms. The number of para-hydroxylation sites is 1. The van der Waals surface area contributed by atoms with Crippen molar-refractivity contribution in [3.8, 4) is 5.75 Å². The van der Waals surface area contributed by atoms with E-state index in [0.29, 0.717) is 0 Å². The van der Waals surface area contributed by atoms with Gasteiger partial charge in [0.05, 0.1) is 13.2 Å². The van der Waals surface area contributed by atoms with Crippen molar-refractivity contribution in [1.82, 2.24) is 10.3 Å². The molecule has 0 saturated carbocycles. The van der Waals surface area contributed by atoms with Crippen LogP contribution in [0, 0.1) is 0 Å². The fourth-order valence-corrected chi connectivity index (χ4v) is 3.58. The highest BCUT2D eigenvalue weighted by atomic mass is 16.5. The Morgan fingerprint density at radius 1 is 1.14 bits per heavy atom. The van der Waals surface area contributed by atoms with Crippen molar-refractivity contribution < 1.29 is 4.74 Å². The van der Waals surface area contributed by atoms with Crippen LogP contribution >= 0.6 is 0 Å². The molecule has 4 heteroatoms. The molecule has 1 aromatic rings. The van der Waals surface area contributed by atoms with E-state index in [9.17, 15) is 0 Å². The summed E-state index contributed by atoms with van der Waals surface area (Å²) in [6.07, 6.45) is 2.05. The van der Waals surface area contributed by atoms with Gasteiger partial charge in [-0.3, -0.25) is 16.2 Å². The maximum absolute atomic E-state index is 5.98. The third-order valence-electron chi connectivity index (χ3n) is 4.77. The van der Waals surface area contributed by atoms with Crippen molar-refractivity contribution in [2.24, 2.45) is 5.84 Å². The molecule has 0 aliphatic heterocycles. The first-order valence-electron chi connectivity index (χ1n) is 7.99. The Kier molecular flexibility index (Phi) is 7.15. The average Bonchev–Trinajstić information content (AvgIpc) is 2.55. The molecule has 0 aliphatic carbocycles. The summed E-state index contributed by atoms with van der Waals surface area (Å²) in [6.45, 7) is 10.9.